The van der Waals surface area contributed by atoms with Gasteiger partial charge >= 0.3 is 0 Å². The Morgan fingerprint density at radius 1 is 1.17 bits per heavy atom. The molecule has 0 aromatic heterocycles. The van der Waals surface area contributed by atoms with Crippen LogP contribution in [0.15, 0.2) is 24.3 Å². The molecule has 6 heteroatoms. The molecule has 6 nitrogen and oxygen atoms in total. The summed E-state index contributed by atoms with van der Waals surface area (Å²) in [6.07, 6.45) is 3.36. The van der Waals surface area contributed by atoms with Gasteiger partial charge in [0.05, 0.1) is 13.2 Å². The van der Waals surface area contributed by atoms with Gasteiger partial charge in [-0.05, 0) is 55.9 Å². The first-order valence-electron chi connectivity index (χ1n) is 10.9. The summed E-state index contributed by atoms with van der Waals surface area (Å²) in [5, 5.41) is 5.67. The van der Waals surface area contributed by atoms with Gasteiger partial charge in [-0.2, -0.15) is 0 Å². The quantitative estimate of drug-likeness (QED) is 0.589. The first-order valence-corrected chi connectivity index (χ1v) is 10.9. The van der Waals surface area contributed by atoms with Crippen molar-refractivity contribution in [2.75, 3.05) is 32.8 Å². The number of hydrogen-bond acceptors (Lipinski definition) is 4. The molecule has 3 atom stereocenters. The summed E-state index contributed by atoms with van der Waals surface area (Å²) in [5.74, 6) is 1.73. The predicted octanol–water partition coefficient (Wildman–Crippen LogP) is 3.08. The Labute approximate surface area is 175 Å². The maximum atomic E-state index is 12.3. The zero-order valence-corrected chi connectivity index (χ0v) is 18.4. The lowest BCUT2D eigenvalue weighted by Gasteiger charge is -2.36. The van der Waals surface area contributed by atoms with Crippen LogP contribution in [-0.2, 0) is 4.79 Å². The van der Waals surface area contributed by atoms with Gasteiger partial charge in [0.1, 0.15) is 5.75 Å². The van der Waals surface area contributed by atoms with Crippen LogP contribution in [0.5, 0.6) is 5.75 Å². The number of amides is 2. The molecule has 1 fully saturated rings. The molecule has 1 saturated heterocycles. The van der Waals surface area contributed by atoms with E-state index in [1.54, 1.807) is 24.3 Å². The largest absolute Gasteiger partial charge is 0.494 e. The summed E-state index contributed by atoms with van der Waals surface area (Å²) in [7, 11) is 0. The van der Waals surface area contributed by atoms with Crippen LogP contribution in [0.2, 0.25) is 0 Å². The zero-order valence-electron chi connectivity index (χ0n) is 18.4. The molecule has 0 spiro atoms. The summed E-state index contributed by atoms with van der Waals surface area (Å²) >= 11 is 0. The van der Waals surface area contributed by atoms with E-state index in [0.717, 1.165) is 38.2 Å². The van der Waals surface area contributed by atoms with Crippen LogP contribution in [0.1, 0.15) is 57.3 Å². The second-order valence-electron chi connectivity index (χ2n) is 8.54. The van der Waals surface area contributed by atoms with E-state index in [9.17, 15) is 9.59 Å². The second-order valence-corrected chi connectivity index (χ2v) is 8.54. The van der Waals surface area contributed by atoms with Crippen molar-refractivity contribution >= 4 is 11.8 Å². The Morgan fingerprint density at radius 2 is 1.83 bits per heavy atom. The Bertz CT molecular complexity index is 637. The van der Waals surface area contributed by atoms with Crippen LogP contribution >= 0.6 is 0 Å². The van der Waals surface area contributed by atoms with E-state index in [1.165, 1.54) is 6.42 Å². The second kappa shape index (κ2) is 11.8. The molecule has 1 heterocycles. The molecule has 0 saturated carbocycles. The Morgan fingerprint density at radius 3 is 2.45 bits per heavy atom. The van der Waals surface area contributed by atoms with Gasteiger partial charge in [-0.3, -0.25) is 9.59 Å². The van der Waals surface area contributed by atoms with Gasteiger partial charge in [-0.25, -0.2) is 0 Å². The number of unbranched alkanes of at least 4 members (excludes halogenated alkanes) is 1. The smallest absolute Gasteiger partial charge is 0.251 e. The van der Waals surface area contributed by atoms with Crippen molar-refractivity contribution in [1.82, 2.24) is 15.5 Å². The Kier molecular flexibility index (Phi) is 9.45. The van der Waals surface area contributed by atoms with Crippen molar-refractivity contribution in [2.45, 2.75) is 53.0 Å². The number of likely N-dealkylation sites (tertiary alicyclic amines) is 1. The SMILES string of the molecule is CCCCOc1ccc(C(=O)NCC(=O)NC(C)CN2CC(C)CC(C)C2)cc1. The molecule has 1 aromatic carbocycles. The van der Waals surface area contributed by atoms with E-state index in [-0.39, 0.29) is 24.4 Å². The summed E-state index contributed by atoms with van der Waals surface area (Å²) < 4.78 is 5.60. The van der Waals surface area contributed by atoms with E-state index in [2.05, 4.69) is 36.3 Å². The molecule has 3 unspecified atom stereocenters. The number of hydrogen-bond donors (Lipinski definition) is 2. The molecular weight excluding hydrogens is 366 g/mol. The van der Waals surface area contributed by atoms with Crippen molar-refractivity contribution in [3.63, 3.8) is 0 Å². The molecule has 1 aromatic rings. The summed E-state index contributed by atoms with van der Waals surface area (Å²) in [4.78, 5) is 26.9. The highest BCUT2D eigenvalue weighted by molar-refractivity contribution is 5.96. The summed E-state index contributed by atoms with van der Waals surface area (Å²) in [5.41, 5.74) is 0.519. The monoisotopic (exact) mass is 403 g/mol. The van der Waals surface area contributed by atoms with Crippen molar-refractivity contribution < 1.29 is 14.3 Å². The van der Waals surface area contributed by atoms with Crippen LogP contribution in [-0.4, -0.2) is 55.5 Å². The third-order valence-electron chi connectivity index (χ3n) is 5.18. The number of nitrogens with one attached hydrogen (secondary N) is 2. The van der Waals surface area contributed by atoms with Gasteiger partial charge in [0.15, 0.2) is 0 Å². The van der Waals surface area contributed by atoms with Crippen LogP contribution in [0.3, 0.4) is 0 Å². The van der Waals surface area contributed by atoms with Gasteiger partial charge in [0.2, 0.25) is 5.91 Å². The van der Waals surface area contributed by atoms with E-state index in [1.807, 2.05) is 6.92 Å². The van der Waals surface area contributed by atoms with Gasteiger partial charge in [-0.15, -0.1) is 0 Å². The van der Waals surface area contributed by atoms with Gasteiger partial charge < -0.3 is 20.3 Å². The first-order chi connectivity index (χ1) is 13.9. The minimum Gasteiger partial charge on any atom is -0.494 e. The maximum absolute atomic E-state index is 12.3. The molecule has 0 bridgehead atoms. The standard InChI is InChI=1S/C23H37N3O3/c1-5-6-11-29-21-9-7-20(8-10-21)23(28)24-13-22(27)25-19(4)16-26-14-17(2)12-18(3)15-26/h7-10,17-19H,5-6,11-16H2,1-4H3,(H,24,28)(H,25,27). The fraction of sp³-hybridized carbons (Fsp3) is 0.652. The van der Waals surface area contributed by atoms with E-state index >= 15 is 0 Å². The number of ether oxygens (including phenoxy) is 1. The third-order valence-corrected chi connectivity index (χ3v) is 5.18. The number of piperidine rings is 1. The minimum atomic E-state index is -0.258. The van der Waals surface area contributed by atoms with Crippen molar-refractivity contribution in [3.8, 4) is 5.75 Å². The number of carbonyl (C=O) groups is 2. The zero-order chi connectivity index (χ0) is 21.2. The van der Waals surface area contributed by atoms with Crippen LogP contribution < -0.4 is 15.4 Å². The number of carbonyl (C=O) groups excluding carboxylic acids is 2. The Hall–Kier alpha value is -2.08. The van der Waals surface area contributed by atoms with Crippen molar-refractivity contribution in [3.05, 3.63) is 29.8 Å². The van der Waals surface area contributed by atoms with Gasteiger partial charge in [0.25, 0.3) is 5.91 Å². The highest BCUT2D eigenvalue weighted by atomic mass is 16.5. The van der Waals surface area contributed by atoms with Crippen molar-refractivity contribution in [2.24, 2.45) is 11.8 Å². The lowest BCUT2D eigenvalue weighted by atomic mass is 9.92. The minimum absolute atomic E-state index is 0.0231. The fourth-order valence-corrected chi connectivity index (χ4v) is 4.00. The molecule has 162 valence electrons. The maximum Gasteiger partial charge on any atom is 0.251 e. The average Bonchev–Trinajstić information content (AvgIpc) is 2.66. The molecular formula is C23H37N3O3. The average molecular weight is 404 g/mol. The Balaban J connectivity index is 1.70. The normalized spacial score (nSPS) is 20.7. The molecule has 29 heavy (non-hydrogen) atoms. The highest BCUT2D eigenvalue weighted by Crippen LogP contribution is 2.20. The number of nitrogens with zero attached hydrogens (tertiary/aromatic N) is 1. The summed E-state index contributed by atoms with van der Waals surface area (Å²) in [6, 6.07) is 7.06. The lowest BCUT2D eigenvalue weighted by Crippen LogP contribution is -2.48. The molecule has 1 aliphatic rings. The summed E-state index contributed by atoms with van der Waals surface area (Å²) in [6.45, 7) is 12.4. The molecule has 1 aliphatic heterocycles. The van der Waals surface area contributed by atoms with Crippen LogP contribution in [0.4, 0.5) is 0 Å². The topological polar surface area (TPSA) is 70.7 Å². The van der Waals surface area contributed by atoms with E-state index in [0.29, 0.717) is 24.0 Å². The molecule has 0 radical (unpaired) electrons. The first kappa shape index (κ1) is 23.2. The van der Waals surface area contributed by atoms with E-state index < -0.39 is 0 Å². The predicted molar refractivity (Wildman–Crippen MR) is 116 cm³/mol. The third kappa shape index (κ3) is 8.44. The molecule has 0 aliphatic carbocycles. The fourth-order valence-electron chi connectivity index (χ4n) is 4.00. The lowest BCUT2D eigenvalue weighted by molar-refractivity contribution is -0.120. The number of rotatable bonds is 10. The van der Waals surface area contributed by atoms with Gasteiger partial charge in [-0.1, -0.05) is 27.2 Å². The molecule has 2 amide bonds. The van der Waals surface area contributed by atoms with E-state index in [4.69, 9.17) is 4.74 Å². The number of benzene rings is 1. The molecule has 2 rings (SSSR count). The van der Waals surface area contributed by atoms with Gasteiger partial charge in [0, 0.05) is 31.2 Å². The van der Waals surface area contributed by atoms with Crippen molar-refractivity contribution in [1.29, 1.82) is 0 Å². The van der Waals surface area contributed by atoms with Crippen LogP contribution in [0.25, 0.3) is 0 Å². The van der Waals surface area contributed by atoms with Crippen LogP contribution in [0, 0.1) is 11.8 Å². The highest BCUT2D eigenvalue weighted by Gasteiger charge is 2.23. The molecule has 2 N–H and O–H groups in total.